The highest BCUT2D eigenvalue weighted by Crippen LogP contribution is 2.34. The number of hydrogen-bond acceptors (Lipinski definition) is 4. The summed E-state index contributed by atoms with van der Waals surface area (Å²) in [4.78, 5) is 14.4. The Morgan fingerprint density at radius 2 is 1.00 bits per heavy atom. The van der Waals surface area contributed by atoms with Crippen LogP contribution in [-0.2, 0) is 0 Å². The van der Waals surface area contributed by atoms with Gasteiger partial charge in [0.25, 0.3) is 0 Å². The smallest absolute Gasteiger partial charge is 0.165 e. The average Bonchev–Trinajstić information content (AvgIpc) is 3.36. The minimum atomic E-state index is 0.466. The minimum absolute atomic E-state index is 0.466. The van der Waals surface area contributed by atoms with E-state index in [2.05, 4.69) is 47.0 Å². The van der Waals surface area contributed by atoms with Crippen molar-refractivity contribution >= 4 is 21.8 Å². The third-order valence-corrected chi connectivity index (χ3v) is 6.90. The van der Waals surface area contributed by atoms with E-state index in [9.17, 15) is 5.26 Å². The van der Waals surface area contributed by atoms with Crippen LogP contribution in [0.15, 0.2) is 127 Å². The van der Waals surface area contributed by atoms with Crippen LogP contribution in [0.4, 0.5) is 0 Å². The van der Waals surface area contributed by atoms with Crippen LogP contribution in [0.5, 0.6) is 0 Å². The van der Waals surface area contributed by atoms with Crippen LogP contribution in [0.1, 0.15) is 5.56 Å². The van der Waals surface area contributed by atoms with Gasteiger partial charge in [0.05, 0.1) is 22.7 Å². The van der Waals surface area contributed by atoms with Crippen LogP contribution in [0.2, 0.25) is 0 Å². The second kappa shape index (κ2) is 9.37. The lowest BCUT2D eigenvalue weighted by molar-refractivity contribution is 1.07. The monoisotopic (exact) mass is 499 g/mol. The van der Waals surface area contributed by atoms with Gasteiger partial charge in [-0.25, -0.2) is 15.0 Å². The highest BCUT2D eigenvalue weighted by molar-refractivity contribution is 6.09. The zero-order valence-electron chi connectivity index (χ0n) is 20.9. The van der Waals surface area contributed by atoms with E-state index in [-0.39, 0.29) is 0 Å². The number of benzene rings is 5. The Morgan fingerprint density at radius 3 is 1.54 bits per heavy atom. The highest BCUT2D eigenvalue weighted by Gasteiger charge is 2.17. The molecule has 0 atom stereocenters. The minimum Gasteiger partial charge on any atom is -0.309 e. The summed E-state index contributed by atoms with van der Waals surface area (Å²) in [5.74, 6) is 1.60. The van der Waals surface area contributed by atoms with Gasteiger partial charge in [-0.15, -0.1) is 0 Å². The van der Waals surface area contributed by atoms with Crippen molar-refractivity contribution in [2.75, 3.05) is 0 Å². The molecule has 182 valence electrons. The molecule has 0 bridgehead atoms. The molecule has 0 aliphatic carbocycles. The standard InChI is InChI=1S/C34H21N5/c35-22-25-21-26(39-30-17-9-7-15-28(30)29-16-8-10-18-31(29)39)19-20-27(25)34-37-32(23-11-3-1-4-12-23)36-33(38-34)24-13-5-2-6-14-24/h1-21H. The Kier molecular flexibility index (Phi) is 5.42. The van der Waals surface area contributed by atoms with Crippen LogP contribution in [-0.4, -0.2) is 19.5 Å². The summed E-state index contributed by atoms with van der Waals surface area (Å²) in [7, 11) is 0. The molecule has 5 heteroatoms. The van der Waals surface area contributed by atoms with Crippen LogP contribution in [0.3, 0.4) is 0 Å². The number of fused-ring (bicyclic) bond motifs is 3. The van der Waals surface area contributed by atoms with Crippen LogP contribution in [0, 0.1) is 11.3 Å². The molecule has 7 aromatic rings. The zero-order valence-corrected chi connectivity index (χ0v) is 20.9. The first kappa shape index (κ1) is 22.6. The third-order valence-electron chi connectivity index (χ3n) is 6.90. The lowest BCUT2D eigenvalue weighted by Gasteiger charge is -2.12. The van der Waals surface area contributed by atoms with Crippen molar-refractivity contribution in [3.05, 3.63) is 133 Å². The first-order valence-electron chi connectivity index (χ1n) is 12.7. The van der Waals surface area contributed by atoms with E-state index >= 15 is 0 Å². The molecule has 0 amide bonds. The predicted molar refractivity (Wildman–Crippen MR) is 155 cm³/mol. The molecule has 5 aromatic carbocycles. The van der Waals surface area contributed by atoms with E-state index in [1.165, 1.54) is 10.8 Å². The quantitative estimate of drug-likeness (QED) is 0.247. The maximum absolute atomic E-state index is 10.3. The van der Waals surface area contributed by atoms with Gasteiger partial charge < -0.3 is 4.57 Å². The van der Waals surface area contributed by atoms with Gasteiger partial charge in [-0.2, -0.15) is 5.26 Å². The molecule has 0 N–H and O–H groups in total. The molecule has 0 saturated carbocycles. The van der Waals surface area contributed by atoms with Crippen molar-refractivity contribution in [3.8, 4) is 45.9 Å². The summed E-state index contributed by atoms with van der Waals surface area (Å²) in [6.45, 7) is 0. The molecule has 0 aliphatic rings. The molecular weight excluding hydrogens is 478 g/mol. The summed E-state index contributed by atoms with van der Waals surface area (Å²) >= 11 is 0. The second-order valence-corrected chi connectivity index (χ2v) is 9.25. The summed E-state index contributed by atoms with van der Waals surface area (Å²) in [5, 5.41) is 12.6. The van der Waals surface area contributed by atoms with Crippen molar-refractivity contribution in [1.82, 2.24) is 19.5 Å². The van der Waals surface area contributed by atoms with Gasteiger partial charge in [-0.3, -0.25) is 0 Å². The fraction of sp³-hybridized carbons (Fsp3) is 0. The first-order valence-corrected chi connectivity index (χ1v) is 12.7. The van der Waals surface area contributed by atoms with Gasteiger partial charge in [-0.1, -0.05) is 97.1 Å². The summed E-state index contributed by atoms with van der Waals surface area (Å²) in [5.41, 5.74) is 6.03. The summed E-state index contributed by atoms with van der Waals surface area (Å²) in [6.07, 6.45) is 0. The lowest BCUT2D eigenvalue weighted by atomic mass is 10.1. The molecule has 2 aromatic heterocycles. The number of para-hydroxylation sites is 2. The second-order valence-electron chi connectivity index (χ2n) is 9.25. The van der Waals surface area contributed by atoms with E-state index in [4.69, 9.17) is 15.0 Å². The number of aromatic nitrogens is 4. The van der Waals surface area contributed by atoms with E-state index in [1.807, 2.05) is 91.0 Å². The SMILES string of the molecule is N#Cc1cc(-n2c3ccccc3c3ccccc32)ccc1-c1nc(-c2ccccc2)nc(-c2ccccc2)n1. The lowest BCUT2D eigenvalue weighted by Crippen LogP contribution is -2.02. The Bertz CT molecular complexity index is 1910. The van der Waals surface area contributed by atoms with Gasteiger partial charge in [-0.05, 0) is 30.3 Å². The Balaban J connectivity index is 1.43. The molecule has 2 heterocycles. The molecule has 0 saturated heterocycles. The summed E-state index contributed by atoms with van der Waals surface area (Å²) < 4.78 is 2.20. The number of rotatable bonds is 4. The average molecular weight is 500 g/mol. The van der Waals surface area contributed by atoms with Gasteiger partial charge >= 0.3 is 0 Å². The van der Waals surface area contributed by atoms with Gasteiger partial charge in [0.1, 0.15) is 0 Å². The van der Waals surface area contributed by atoms with Gasteiger partial charge in [0, 0.05) is 33.2 Å². The van der Waals surface area contributed by atoms with Gasteiger partial charge in [0.2, 0.25) is 0 Å². The fourth-order valence-electron chi connectivity index (χ4n) is 5.09. The predicted octanol–water partition coefficient (Wildman–Crippen LogP) is 7.84. The number of nitriles is 1. The maximum atomic E-state index is 10.3. The maximum Gasteiger partial charge on any atom is 0.165 e. The van der Waals surface area contributed by atoms with Crippen molar-refractivity contribution in [3.63, 3.8) is 0 Å². The highest BCUT2D eigenvalue weighted by atomic mass is 15.0. The molecule has 5 nitrogen and oxygen atoms in total. The molecule has 0 radical (unpaired) electrons. The topological polar surface area (TPSA) is 67.4 Å². The van der Waals surface area contributed by atoms with Crippen LogP contribution < -0.4 is 0 Å². The molecule has 0 fully saturated rings. The largest absolute Gasteiger partial charge is 0.309 e. The molecule has 0 unspecified atom stereocenters. The van der Waals surface area contributed by atoms with E-state index in [1.54, 1.807) is 0 Å². The van der Waals surface area contributed by atoms with E-state index in [0.717, 1.165) is 27.8 Å². The van der Waals surface area contributed by atoms with Crippen molar-refractivity contribution in [2.45, 2.75) is 0 Å². The van der Waals surface area contributed by atoms with Gasteiger partial charge in [0.15, 0.2) is 17.5 Å². The normalized spacial score (nSPS) is 11.1. The molecular formula is C34H21N5. The molecule has 39 heavy (non-hydrogen) atoms. The molecule has 7 rings (SSSR count). The summed E-state index contributed by atoms with van der Waals surface area (Å²) in [6, 6.07) is 44.6. The zero-order chi connectivity index (χ0) is 26.2. The fourth-order valence-corrected chi connectivity index (χ4v) is 5.09. The number of nitrogens with zero attached hydrogens (tertiary/aromatic N) is 5. The van der Waals surface area contributed by atoms with Crippen LogP contribution >= 0.6 is 0 Å². The molecule has 0 aliphatic heterocycles. The van der Waals surface area contributed by atoms with Crippen molar-refractivity contribution in [2.24, 2.45) is 0 Å². The van der Waals surface area contributed by atoms with E-state index < -0.39 is 0 Å². The van der Waals surface area contributed by atoms with E-state index in [0.29, 0.717) is 28.6 Å². The Hall–Kier alpha value is -5.60. The third kappa shape index (κ3) is 3.92. The first-order chi connectivity index (χ1) is 19.3. The van der Waals surface area contributed by atoms with Crippen molar-refractivity contribution < 1.29 is 0 Å². The number of hydrogen-bond donors (Lipinski definition) is 0. The Labute approximate surface area is 225 Å². The van der Waals surface area contributed by atoms with Crippen LogP contribution in [0.25, 0.3) is 61.7 Å². The molecule has 0 spiro atoms. The Morgan fingerprint density at radius 1 is 0.513 bits per heavy atom. The van der Waals surface area contributed by atoms with Crippen molar-refractivity contribution in [1.29, 1.82) is 5.26 Å².